The molecule has 2 N–H and O–H groups in total. The summed E-state index contributed by atoms with van der Waals surface area (Å²) >= 11 is 0. The molecule has 0 fully saturated rings. The van der Waals surface area contributed by atoms with Gasteiger partial charge in [0.05, 0.1) is 19.9 Å². The summed E-state index contributed by atoms with van der Waals surface area (Å²) in [5.41, 5.74) is 6.01. The molecule has 0 bridgehead atoms. The van der Waals surface area contributed by atoms with E-state index in [0.29, 0.717) is 11.6 Å². The van der Waals surface area contributed by atoms with Crippen LogP contribution in [0.3, 0.4) is 0 Å². The highest BCUT2D eigenvalue weighted by atomic mass is 16.5. The van der Waals surface area contributed by atoms with Crippen molar-refractivity contribution in [2.75, 3.05) is 14.2 Å². The molecule has 1 atom stereocenters. The molecule has 1 heterocycles. The number of hydrogen-bond donors (Lipinski definition) is 1. The van der Waals surface area contributed by atoms with Gasteiger partial charge >= 0.3 is 5.97 Å². The van der Waals surface area contributed by atoms with Crippen LogP contribution in [0.25, 0.3) is 0 Å². The molecule has 0 saturated heterocycles. The van der Waals surface area contributed by atoms with E-state index in [0.717, 1.165) is 0 Å². The van der Waals surface area contributed by atoms with Crippen LogP contribution in [0.5, 0.6) is 5.88 Å². The minimum atomic E-state index is -0.866. The molecular weight excluding hydrogens is 184 g/mol. The summed E-state index contributed by atoms with van der Waals surface area (Å²) in [5.74, 6) is -0.104. The quantitative estimate of drug-likeness (QED) is 0.702. The smallest absolute Gasteiger partial charge is 0.328 e. The van der Waals surface area contributed by atoms with Crippen LogP contribution in [0.15, 0.2) is 18.2 Å². The van der Waals surface area contributed by atoms with Crippen LogP contribution in [-0.2, 0) is 9.53 Å². The fourth-order valence-corrected chi connectivity index (χ4v) is 0.965. The van der Waals surface area contributed by atoms with Crippen molar-refractivity contribution in [1.82, 2.24) is 4.98 Å². The summed E-state index contributed by atoms with van der Waals surface area (Å²) in [6, 6.07) is 4.16. The van der Waals surface area contributed by atoms with E-state index in [1.807, 2.05) is 0 Å². The molecule has 1 rings (SSSR count). The fourth-order valence-electron chi connectivity index (χ4n) is 0.965. The van der Waals surface area contributed by atoms with Gasteiger partial charge in [-0.25, -0.2) is 9.78 Å². The third kappa shape index (κ3) is 2.20. The zero-order chi connectivity index (χ0) is 10.6. The summed E-state index contributed by atoms with van der Waals surface area (Å²) < 4.78 is 9.39. The van der Waals surface area contributed by atoms with Gasteiger partial charge in [-0.1, -0.05) is 6.07 Å². The van der Waals surface area contributed by atoms with Gasteiger partial charge in [0.15, 0.2) is 0 Å². The Hall–Kier alpha value is -1.62. The normalized spacial score (nSPS) is 11.9. The van der Waals surface area contributed by atoms with Crippen molar-refractivity contribution < 1.29 is 14.3 Å². The first-order valence-corrected chi connectivity index (χ1v) is 4.03. The van der Waals surface area contributed by atoms with Crippen molar-refractivity contribution in [3.05, 3.63) is 23.9 Å². The van der Waals surface area contributed by atoms with E-state index in [4.69, 9.17) is 10.5 Å². The van der Waals surface area contributed by atoms with Gasteiger partial charge in [-0.3, -0.25) is 0 Å². The minimum Gasteiger partial charge on any atom is -0.481 e. The van der Waals surface area contributed by atoms with E-state index in [-0.39, 0.29) is 0 Å². The Kier molecular flexibility index (Phi) is 3.41. The van der Waals surface area contributed by atoms with Gasteiger partial charge < -0.3 is 15.2 Å². The standard InChI is InChI=1S/C9H12N2O3/c1-13-7-5-3-4-6(11-7)8(10)9(12)14-2/h3-5,8H,10H2,1-2H3. The fraction of sp³-hybridized carbons (Fsp3) is 0.333. The molecule has 1 aromatic heterocycles. The van der Waals surface area contributed by atoms with Crippen LogP contribution in [0, 0.1) is 0 Å². The second-order valence-corrected chi connectivity index (χ2v) is 2.61. The van der Waals surface area contributed by atoms with E-state index in [2.05, 4.69) is 9.72 Å². The minimum absolute atomic E-state index is 0.418. The third-order valence-corrected chi connectivity index (χ3v) is 1.73. The molecule has 1 unspecified atom stereocenters. The molecule has 0 spiro atoms. The molecule has 0 aliphatic carbocycles. The van der Waals surface area contributed by atoms with E-state index in [1.54, 1.807) is 18.2 Å². The number of hydrogen-bond acceptors (Lipinski definition) is 5. The maximum atomic E-state index is 11.1. The lowest BCUT2D eigenvalue weighted by molar-refractivity contribution is -0.142. The highest BCUT2D eigenvalue weighted by Gasteiger charge is 2.17. The number of methoxy groups -OCH3 is 2. The monoisotopic (exact) mass is 196 g/mol. The number of nitrogens with two attached hydrogens (primary N) is 1. The van der Waals surface area contributed by atoms with Gasteiger partial charge in [0.25, 0.3) is 0 Å². The van der Waals surface area contributed by atoms with Gasteiger partial charge in [0.2, 0.25) is 5.88 Å². The Morgan fingerprint density at radius 3 is 2.79 bits per heavy atom. The first-order valence-electron chi connectivity index (χ1n) is 4.03. The van der Waals surface area contributed by atoms with Crippen molar-refractivity contribution in [2.24, 2.45) is 5.73 Å². The van der Waals surface area contributed by atoms with Crippen LogP contribution in [0.2, 0.25) is 0 Å². The third-order valence-electron chi connectivity index (χ3n) is 1.73. The molecule has 0 aromatic carbocycles. The summed E-state index contributed by atoms with van der Waals surface area (Å²) in [4.78, 5) is 15.1. The molecule has 0 amide bonds. The first kappa shape index (κ1) is 10.5. The molecule has 0 aliphatic heterocycles. The Bertz CT molecular complexity index is 328. The zero-order valence-corrected chi connectivity index (χ0v) is 8.06. The van der Waals surface area contributed by atoms with Crippen molar-refractivity contribution in [1.29, 1.82) is 0 Å². The number of carbonyl (C=O) groups is 1. The second kappa shape index (κ2) is 4.57. The molecular formula is C9H12N2O3. The summed E-state index contributed by atoms with van der Waals surface area (Å²) in [7, 11) is 2.78. The lowest BCUT2D eigenvalue weighted by atomic mass is 10.2. The Morgan fingerprint density at radius 2 is 2.21 bits per heavy atom. The van der Waals surface area contributed by atoms with Gasteiger partial charge in [-0.2, -0.15) is 0 Å². The highest BCUT2D eigenvalue weighted by molar-refractivity contribution is 5.76. The topological polar surface area (TPSA) is 74.4 Å². The summed E-state index contributed by atoms with van der Waals surface area (Å²) in [6.45, 7) is 0. The number of aromatic nitrogens is 1. The lowest BCUT2D eigenvalue weighted by Gasteiger charge is -2.09. The maximum Gasteiger partial charge on any atom is 0.328 e. The average molecular weight is 196 g/mol. The predicted molar refractivity (Wildman–Crippen MR) is 49.7 cm³/mol. The van der Waals surface area contributed by atoms with Gasteiger partial charge in [-0.15, -0.1) is 0 Å². The second-order valence-electron chi connectivity index (χ2n) is 2.61. The lowest BCUT2D eigenvalue weighted by Crippen LogP contribution is -2.23. The van der Waals surface area contributed by atoms with Crippen LogP contribution in [0.4, 0.5) is 0 Å². The average Bonchev–Trinajstić information content (AvgIpc) is 2.27. The van der Waals surface area contributed by atoms with Gasteiger partial charge in [-0.05, 0) is 6.07 Å². The SMILES string of the molecule is COC(=O)C(N)c1cccc(OC)n1. The van der Waals surface area contributed by atoms with Crippen molar-refractivity contribution in [3.8, 4) is 5.88 Å². The van der Waals surface area contributed by atoms with E-state index in [9.17, 15) is 4.79 Å². The molecule has 0 radical (unpaired) electrons. The van der Waals surface area contributed by atoms with E-state index >= 15 is 0 Å². The largest absolute Gasteiger partial charge is 0.481 e. The highest BCUT2D eigenvalue weighted by Crippen LogP contribution is 2.13. The number of esters is 1. The Morgan fingerprint density at radius 1 is 1.50 bits per heavy atom. The molecule has 5 nitrogen and oxygen atoms in total. The number of rotatable bonds is 3. The number of ether oxygens (including phenoxy) is 2. The Balaban J connectivity index is 2.89. The first-order chi connectivity index (χ1) is 6.69. The van der Waals surface area contributed by atoms with Crippen molar-refractivity contribution >= 4 is 5.97 Å². The predicted octanol–water partition coefficient (Wildman–Crippen LogP) is 0.263. The summed E-state index contributed by atoms with van der Waals surface area (Å²) in [5, 5.41) is 0. The van der Waals surface area contributed by atoms with E-state index < -0.39 is 12.0 Å². The maximum absolute atomic E-state index is 11.1. The summed E-state index contributed by atoms with van der Waals surface area (Å²) in [6.07, 6.45) is 0. The number of nitrogens with zero attached hydrogens (tertiary/aromatic N) is 1. The van der Waals surface area contributed by atoms with Crippen molar-refractivity contribution in [2.45, 2.75) is 6.04 Å². The molecule has 14 heavy (non-hydrogen) atoms. The van der Waals surface area contributed by atoms with Crippen LogP contribution in [-0.4, -0.2) is 25.2 Å². The molecule has 0 aliphatic rings. The van der Waals surface area contributed by atoms with Crippen LogP contribution >= 0.6 is 0 Å². The van der Waals surface area contributed by atoms with Gasteiger partial charge in [0, 0.05) is 6.07 Å². The van der Waals surface area contributed by atoms with Crippen LogP contribution < -0.4 is 10.5 Å². The molecule has 0 saturated carbocycles. The van der Waals surface area contributed by atoms with E-state index in [1.165, 1.54) is 14.2 Å². The molecule has 76 valence electrons. The zero-order valence-electron chi connectivity index (χ0n) is 8.06. The Labute approximate surface area is 81.8 Å². The van der Waals surface area contributed by atoms with Crippen molar-refractivity contribution in [3.63, 3.8) is 0 Å². The van der Waals surface area contributed by atoms with Gasteiger partial charge in [0.1, 0.15) is 6.04 Å². The number of carbonyl (C=O) groups excluding carboxylic acids is 1. The molecule has 5 heteroatoms. The van der Waals surface area contributed by atoms with Crippen LogP contribution in [0.1, 0.15) is 11.7 Å². The number of pyridine rings is 1. The molecule has 1 aromatic rings.